The van der Waals surface area contributed by atoms with E-state index in [1.807, 2.05) is 6.07 Å². The molecule has 1 aliphatic carbocycles. The molecular weight excluding hydrogens is 677 g/mol. The third kappa shape index (κ3) is 4.57. The largest absolute Gasteiger partial charge is 0.245 e. The van der Waals surface area contributed by atoms with Crippen LogP contribution in [0.1, 0.15) is 0 Å². The number of hydrogen-bond acceptors (Lipinski definition) is 2. The van der Waals surface area contributed by atoms with Gasteiger partial charge in [0.15, 0.2) is 0 Å². The lowest BCUT2D eigenvalue weighted by Gasteiger charge is -2.18. The first kappa shape index (κ1) is 31.0. The van der Waals surface area contributed by atoms with Crippen molar-refractivity contribution in [1.29, 1.82) is 0 Å². The molecule has 9 aromatic carbocycles. The van der Waals surface area contributed by atoms with Gasteiger partial charge in [-0.05, 0) is 89.0 Å². The van der Waals surface area contributed by atoms with E-state index in [-0.39, 0.29) is 0 Å². The van der Waals surface area contributed by atoms with Gasteiger partial charge >= 0.3 is 0 Å². The SMILES string of the molecule is c1ccc(-c2ccc3ccc4ccc(-c5c6ccccc6c(-c6ccc(-c7ccc8c9c(cccc79)-c7ccccc7-8)cc6)c6ccccc56)nc4c3n2)cc1. The van der Waals surface area contributed by atoms with Gasteiger partial charge < -0.3 is 0 Å². The van der Waals surface area contributed by atoms with Crippen LogP contribution in [0.4, 0.5) is 0 Å². The smallest absolute Gasteiger partial charge is 0.0972 e. The normalized spacial score (nSPS) is 11.9. The van der Waals surface area contributed by atoms with Crippen molar-refractivity contribution in [2.24, 2.45) is 0 Å². The van der Waals surface area contributed by atoms with Crippen molar-refractivity contribution in [3.63, 3.8) is 0 Å². The molecule has 0 spiro atoms. The number of pyridine rings is 2. The van der Waals surface area contributed by atoms with Crippen molar-refractivity contribution < 1.29 is 0 Å². The van der Waals surface area contributed by atoms with Gasteiger partial charge in [-0.2, -0.15) is 0 Å². The van der Waals surface area contributed by atoms with E-state index in [1.54, 1.807) is 0 Å². The first-order valence-electron chi connectivity index (χ1n) is 19.2. The Morgan fingerprint density at radius 2 is 0.714 bits per heavy atom. The van der Waals surface area contributed by atoms with E-state index in [4.69, 9.17) is 9.97 Å². The topological polar surface area (TPSA) is 25.8 Å². The van der Waals surface area contributed by atoms with Crippen LogP contribution in [-0.4, -0.2) is 9.97 Å². The molecule has 2 heterocycles. The van der Waals surface area contributed by atoms with Crippen molar-refractivity contribution >= 4 is 54.1 Å². The monoisotopic (exact) mass is 708 g/mol. The van der Waals surface area contributed by atoms with Gasteiger partial charge in [0.25, 0.3) is 0 Å². The first-order chi connectivity index (χ1) is 27.8. The fourth-order valence-corrected chi connectivity index (χ4v) is 9.27. The summed E-state index contributed by atoms with van der Waals surface area (Å²) in [5.41, 5.74) is 16.2. The highest BCUT2D eigenvalue weighted by molar-refractivity contribution is 6.22. The minimum Gasteiger partial charge on any atom is -0.245 e. The van der Waals surface area contributed by atoms with Crippen LogP contribution in [0.2, 0.25) is 0 Å². The summed E-state index contributed by atoms with van der Waals surface area (Å²) in [6, 6.07) is 70.3. The number of benzene rings is 9. The van der Waals surface area contributed by atoms with Crippen LogP contribution in [0.5, 0.6) is 0 Å². The molecule has 0 bridgehead atoms. The Morgan fingerprint density at radius 3 is 1.38 bits per heavy atom. The van der Waals surface area contributed by atoms with Crippen LogP contribution >= 0.6 is 0 Å². The van der Waals surface area contributed by atoms with Crippen LogP contribution in [-0.2, 0) is 0 Å². The zero-order valence-electron chi connectivity index (χ0n) is 30.4. The van der Waals surface area contributed by atoms with Crippen molar-refractivity contribution in [3.05, 3.63) is 194 Å². The molecule has 0 radical (unpaired) electrons. The molecule has 11 aromatic rings. The molecule has 0 atom stereocenters. The van der Waals surface area contributed by atoms with E-state index in [0.29, 0.717) is 0 Å². The van der Waals surface area contributed by atoms with E-state index >= 15 is 0 Å². The predicted molar refractivity (Wildman–Crippen MR) is 236 cm³/mol. The molecular formula is C54H32N2. The minimum absolute atomic E-state index is 0.914. The number of fused-ring (bicyclic) bond motifs is 8. The molecule has 12 rings (SSSR count). The van der Waals surface area contributed by atoms with E-state index in [2.05, 4.69) is 188 Å². The van der Waals surface area contributed by atoms with E-state index in [9.17, 15) is 0 Å². The molecule has 0 aliphatic heterocycles. The lowest BCUT2D eigenvalue weighted by atomic mass is 9.86. The molecule has 56 heavy (non-hydrogen) atoms. The van der Waals surface area contributed by atoms with Crippen LogP contribution in [0, 0.1) is 0 Å². The molecule has 0 unspecified atom stereocenters. The van der Waals surface area contributed by atoms with Gasteiger partial charge in [0.1, 0.15) is 0 Å². The third-order valence-electron chi connectivity index (χ3n) is 11.8. The molecule has 258 valence electrons. The molecule has 2 aromatic heterocycles. The minimum atomic E-state index is 0.914. The van der Waals surface area contributed by atoms with Crippen molar-refractivity contribution in [1.82, 2.24) is 9.97 Å². The summed E-state index contributed by atoms with van der Waals surface area (Å²) in [6.07, 6.45) is 0. The molecule has 2 heteroatoms. The summed E-state index contributed by atoms with van der Waals surface area (Å²) in [5.74, 6) is 0. The highest BCUT2D eigenvalue weighted by Gasteiger charge is 2.23. The Bertz CT molecular complexity index is 3310. The highest BCUT2D eigenvalue weighted by atomic mass is 14.8. The third-order valence-corrected chi connectivity index (χ3v) is 11.8. The van der Waals surface area contributed by atoms with E-state index in [0.717, 1.165) is 44.3 Å². The molecule has 0 fully saturated rings. The van der Waals surface area contributed by atoms with Gasteiger partial charge in [0.2, 0.25) is 0 Å². The van der Waals surface area contributed by atoms with E-state index in [1.165, 1.54) is 76.8 Å². The highest BCUT2D eigenvalue weighted by Crippen LogP contribution is 2.50. The zero-order valence-corrected chi connectivity index (χ0v) is 30.4. The van der Waals surface area contributed by atoms with E-state index < -0.39 is 0 Å². The summed E-state index contributed by atoms with van der Waals surface area (Å²) < 4.78 is 0. The Labute approximate surface area is 324 Å². The number of rotatable bonds is 4. The Morgan fingerprint density at radius 1 is 0.250 bits per heavy atom. The average molecular weight is 709 g/mol. The molecule has 0 saturated heterocycles. The summed E-state index contributed by atoms with van der Waals surface area (Å²) in [4.78, 5) is 10.6. The molecule has 0 amide bonds. The lowest BCUT2D eigenvalue weighted by Crippen LogP contribution is -1.94. The summed E-state index contributed by atoms with van der Waals surface area (Å²) in [5, 5.41) is 9.59. The molecule has 0 saturated carbocycles. The first-order valence-corrected chi connectivity index (χ1v) is 19.2. The fraction of sp³-hybridized carbons (Fsp3) is 0. The van der Waals surface area contributed by atoms with Gasteiger partial charge in [-0.1, -0.05) is 182 Å². The summed E-state index contributed by atoms with van der Waals surface area (Å²) >= 11 is 0. The van der Waals surface area contributed by atoms with Gasteiger partial charge in [-0.25, -0.2) is 9.97 Å². The van der Waals surface area contributed by atoms with Crippen LogP contribution < -0.4 is 0 Å². The maximum atomic E-state index is 5.45. The Balaban J connectivity index is 1.02. The van der Waals surface area contributed by atoms with Crippen LogP contribution in [0.15, 0.2) is 194 Å². The second-order valence-corrected chi connectivity index (χ2v) is 14.8. The lowest BCUT2D eigenvalue weighted by molar-refractivity contribution is 1.37. The number of nitrogens with zero attached hydrogens (tertiary/aromatic N) is 2. The fourth-order valence-electron chi connectivity index (χ4n) is 9.27. The number of aromatic nitrogens is 2. The van der Waals surface area contributed by atoms with Crippen molar-refractivity contribution in [3.8, 4) is 67.0 Å². The van der Waals surface area contributed by atoms with Crippen molar-refractivity contribution in [2.45, 2.75) is 0 Å². The quantitative estimate of drug-likeness (QED) is 0.134. The second-order valence-electron chi connectivity index (χ2n) is 14.8. The summed E-state index contributed by atoms with van der Waals surface area (Å²) in [7, 11) is 0. The van der Waals surface area contributed by atoms with Gasteiger partial charge in [0, 0.05) is 21.9 Å². The molecule has 1 aliphatic rings. The molecule has 2 nitrogen and oxygen atoms in total. The van der Waals surface area contributed by atoms with Gasteiger partial charge in [-0.3, -0.25) is 0 Å². The Kier molecular flexibility index (Phi) is 6.66. The van der Waals surface area contributed by atoms with Crippen LogP contribution in [0.3, 0.4) is 0 Å². The second kappa shape index (κ2) is 12.0. The summed E-state index contributed by atoms with van der Waals surface area (Å²) in [6.45, 7) is 0. The Hall–Kier alpha value is -7.42. The maximum Gasteiger partial charge on any atom is 0.0972 e. The van der Waals surface area contributed by atoms with Crippen LogP contribution in [0.25, 0.3) is 121 Å². The zero-order chi connectivity index (χ0) is 36.7. The molecule has 0 N–H and O–H groups in total. The van der Waals surface area contributed by atoms with Gasteiger partial charge in [-0.15, -0.1) is 0 Å². The maximum absolute atomic E-state index is 5.45. The average Bonchev–Trinajstić information content (AvgIpc) is 3.60. The number of hydrogen-bond donors (Lipinski definition) is 0. The predicted octanol–water partition coefficient (Wildman–Crippen LogP) is 14.6. The van der Waals surface area contributed by atoms with Gasteiger partial charge in [0.05, 0.1) is 22.4 Å². The van der Waals surface area contributed by atoms with Crippen molar-refractivity contribution in [2.75, 3.05) is 0 Å². The standard InChI is InChI=1S/C54H32N2/c1-2-11-34(12-3-1)48-31-27-36-25-26-37-28-32-49(56-54(37)53(36)55-48)52-45-17-8-6-15-43(45)50(44-16-7-9-18-46(44)52)35-23-21-33(22-24-35)38-29-30-47-40-14-5-4-13-39(40)42-20-10-19-41(38)51(42)47/h1-32H.